The quantitative estimate of drug-likeness (QED) is 0.286. The van der Waals surface area contributed by atoms with Crippen LogP contribution in [0.5, 0.6) is 0 Å². The summed E-state index contributed by atoms with van der Waals surface area (Å²) in [6, 6.07) is 22.2. The molecule has 0 saturated heterocycles. The minimum atomic E-state index is 0.443. The molecular formula is C28H28N2. The largest absolute Gasteiger partial charge is 0.292 e. The molecule has 150 valence electrons. The Kier molecular flexibility index (Phi) is 4.39. The molecule has 5 rings (SSSR count). The highest BCUT2D eigenvalue weighted by Gasteiger charge is 2.21. The molecule has 0 N–H and O–H groups in total. The summed E-state index contributed by atoms with van der Waals surface area (Å²) in [5, 5.41) is 3.75. The average molecular weight is 393 g/mol. The van der Waals surface area contributed by atoms with Crippen LogP contribution in [0.3, 0.4) is 0 Å². The zero-order chi connectivity index (χ0) is 21.0. The number of hydrogen-bond acceptors (Lipinski definition) is 1. The zero-order valence-corrected chi connectivity index (χ0v) is 18.4. The monoisotopic (exact) mass is 392 g/mol. The molecule has 0 bridgehead atoms. The standard InChI is InChI=1S/C28H28N2/c1-17(2)20-11-8-12-21(18(3)4)27(20)26-16-29-28-23-10-7-6-9-22(23)24-15-19(5)13-14-25(24)30(26)28/h6-18H,1-5H3. The summed E-state index contributed by atoms with van der Waals surface area (Å²) in [4.78, 5) is 4.96. The summed E-state index contributed by atoms with van der Waals surface area (Å²) in [6.45, 7) is 11.3. The van der Waals surface area contributed by atoms with Gasteiger partial charge in [0.2, 0.25) is 0 Å². The van der Waals surface area contributed by atoms with Gasteiger partial charge in [0.15, 0.2) is 0 Å². The molecule has 0 atom stereocenters. The van der Waals surface area contributed by atoms with Crippen LogP contribution >= 0.6 is 0 Å². The maximum atomic E-state index is 4.96. The number of fused-ring (bicyclic) bond motifs is 6. The summed E-state index contributed by atoms with van der Waals surface area (Å²) in [5.74, 6) is 0.886. The Morgan fingerprint density at radius 3 is 2.07 bits per heavy atom. The van der Waals surface area contributed by atoms with Crippen molar-refractivity contribution in [3.05, 3.63) is 83.6 Å². The molecule has 0 unspecified atom stereocenters. The van der Waals surface area contributed by atoms with E-state index in [4.69, 9.17) is 4.98 Å². The number of hydrogen-bond donors (Lipinski definition) is 0. The van der Waals surface area contributed by atoms with Crippen LogP contribution in [0.4, 0.5) is 0 Å². The third-order valence-electron chi connectivity index (χ3n) is 6.24. The smallest absolute Gasteiger partial charge is 0.145 e. The van der Waals surface area contributed by atoms with Crippen LogP contribution in [0.1, 0.15) is 56.2 Å². The Balaban J connectivity index is 2.01. The lowest BCUT2D eigenvalue weighted by Gasteiger charge is -2.20. The molecule has 0 radical (unpaired) electrons. The molecule has 0 amide bonds. The van der Waals surface area contributed by atoms with E-state index in [1.54, 1.807) is 0 Å². The number of aromatic nitrogens is 2. The topological polar surface area (TPSA) is 17.3 Å². The predicted octanol–water partition coefficient (Wildman–Crippen LogP) is 7.86. The minimum absolute atomic E-state index is 0.443. The van der Waals surface area contributed by atoms with Crippen molar-refractivity contribution < 1.29 is 0 Å². The summed E-state index contributed by atoms with van der Waals surface area (Å²) >= 11 is 0. The second kappa shape index (κ2) is 6.98. The van der Waals surface area contributed by atoms with Crippen molar-refractivity contribution >= 4 is 27.3 Å². The maximum absolute atomic E-state index is 4.96. The number of benzene rings is 3. The van der Waals surface area contributed by atoms with Gasteiger partial charge in [0.25, 0.3) is 0 Å². The van der Waals surface area contributed by atoms with Crippen molar-refractivity contribution in [1.82, 2.24) is 9.38 Å². The molecule has 0 aliphatic carbocycles. The van der Waals surface area contributed by atoms with Gasteiger partial charge in [0.05, 0.1) is 17.4 Å². The Bertz CT molecular complexity index is 1380. The molecule has 2 heteroatoms. The summed E-state index contributed by atoms with van der Waals surface area (Å²) < 4.78 is 2.38. The van der Waals surface area contributed by atoms with E-state index < -0.39 is 0 Å². The Morgan fingerprint density at radius 2 is 1.40 bits per heavy atom. The first-order valence-electron chi connectivity index (χ1n) is 10.9. The molecular weight excluding hydrogens is 364 g/mol. The van der Waals surface area contributed by atoms with Gasteiger partial charge in [0, 0.05) is 16.3 Å². The fraction of sp³-hybridized carbons (Fsp3) is 0.250. The molecule has 3 aromatic carbocycles. The molecule has 0 aliphatic heterocycles. The van der Waals surface area contributed by atoms with Gasteiger partial charge in [-0.15, -0.1) is 0 Å². The van der Waals surface area contributed by atoms with Crippen molar-refractivity contribution in [2.24, 2.45) is 0 Å². The lowest BCUT2D eigenvalue weighted by Crippen LogP contribution is -2.02. The predicted molar refractivity (Wildman–Crippen MR) is 129 cm³/mol. The highest BCUT2D eigenvalue weighted by molar-refractivity contribution is 6.12. The van der Waals surface area contributed by atoms with Crippen molar-refractivity contribution in [2.75, 3.05) is 0 Å². The molecule has 0 aliphatic rings. The van der Waals surface area contributed by atoms with E-state index in [0.717, 1.165) is 5.65 Å². The van der Waals surface area contributed by atoms with Gasteiger partial charge >= 0.3 is 0 Å². The first-order chi connectivity index (χ1) is 14.5. The first-order valence-corrected chi connectivity index (χ1v) is 10.9. The van der Waals surface area contributed by atoms with Gasteiger partial charge in [-0.3, -0.25) is 4.40 Å². The van der Waals surface area contributed by atoms with Crippen LogP contribution in [0.25, 0.3) is 38.6 Å². The van der Waals surface area contributed by atoms with Crippen molar-refractivity contribution in [3.63, 3.8) is 0 Å². The molecule has 0 saturated carbocycles. The third kappa shape index (κ3) is 2.74. The molecule has 5 aromatic rings. The van der Waals surface area contributed by atoms with E-state index in [1.807, 2.05) is 0 Å². The summed E-state index contributed by atoms with van der Waals surface area (Å²) in [6.07, 6.45) is 2.08. The van der Waals surface area contributed by atoms with Crippen LogP contribution < -0.4 is 0 Å². The second-order valence-electron chi connectivity index (χ2n) is 8.99. The van der Waals surface area contributed by atoms with Gasteiger partial charge < -0.3 is 0 Å². The van der Waals surface area contributed by atoms with Gasteiger partial charge in [-0.2, -0.15) is 0 Å². The van der Waals surface area contributed by atoms with E-state index in [-0.39, 0.29) is 0 Å². The number of aryl methyl sites for hydroxylation is 1. The minimum Gasteiger partial charge on any atom is -0.292 e. The fourth-order valence-electron chi connectivity index (χ4n) is 4.78. The Morgan fingerprint density at radius 1 is 0.733 bits per heavy atom. The van der Waals surface area contributed by atoms with Crippen molar-refractivity contribution in [1.29, 1.82) is 0 Å². The molecule has 0 fully saturated rings. The zero-order valence-electron chi connectivity index (χ0n) is 18.4. The SMILES string of the molecule is Cc1ccc2c(c1)c1ccccc1c1ncc(-c3c(C(C)C)cccc3C(C)C)n21. The van der Waals surface area contributed by atoms with Crippen molar-refractivity contribution in [2.45, 2.75) is 46.5 Å². The maximum Gasteiger partial charge on any atom is 0.145 e. The lowest BCUT2D eigenvalue weighted by molar-refractivity contribution is 0.836. The average Bonchev–Trinajstić information content (AvgIpc) is 3.18. The number of imidazole rings is 1. The lowest BCUT2D eigenvalue weighted by atomic mass is 9.87. The molecule has 30 heavy (non-hydrogen) atoms. The van der Waals surface area contributed by atoms with Crippen LogP contribution in [0.15, 0.2) is 66.9 Å². The van der Waals surface area contributed by atoms with Crippen LogP contribution in [0.2, 0.25) is 0 Å². The van der Waals surface area contributed by atoms with Crippen LogP contribution in [-0.4, -0.2) is 9.38 Å². The van der Waals surface area contributed by atoms with E-state index in [1.165, 1.54) is 49.6 Å². The fourth-order valence-corrected chi connectivity index (χ4v) is 4.78. The van der Waals surface area contributed by atoms with Gasteiger partial charge in [0.1, 0.15) is 5.65 Å². The molecule has 0 spiro atoms. The van der Waals surface area contributed by atoms with Gasteiger partial charge in [-0.25, -0.2) is 4.98 Å². The van der Waals surface area contributed by atoms with Crippen molar-refractivity contribution in [3.8, 4) is 11.3 Å². The van der Waals surface area contributed by atoms with Crippen LogP contribution in [-0.2, 0) is 0 Å². The van der Waals surface area contributed by atoms with E-state index >= 15 is 0 Å². The highest BCUT2D eigenvalue weighted by atomic mass is 15.0. The normalized spacial score (nSPS) is 12.1. The number of nitrogens with zero attached hydrogens (tertiary/aromatic N) is 2. The Labute approximate surface area is 178 Å². The van der Waals surface area contributed by atoms with E-state index in [0.29, 0.717) is 11.8 Å². The highest BCUT2D eigenvalue weighted by Crippen LogP contribution is 2.39. The van der Waals surface area contributed by atoms with Gasteiger partial charge in [-0.05, 0) is 47.4 Å². The molecule has 2 heterocycles. The van der Waals surface area contributed by atoms with Crippen LogP contribution in [0, 0.1) is 6.92 Å². The summed E-state index contributed by atoms with van der Waals surface area (Å²) in [5.41, 5.74) is 8.83. The third-order valence-corrected chi connectivity index (χ3v) is 6.24. The summed E-state index contributed by atoms with van der Waals surface area (Å²) in [7, 11) is 0. The molecule has 2 aromatic heterocycles. The first kappa shape index (κ1) is 18.9. The van der Waals surface area contributed by atoms with E-state index in [2.05, 4.69) is 106 Å². The van der Waals surface area contributed by atoms with E-state index in [9.17, 15) is 0 Å². The Hall–Kier alpha value is -3.13. The molecule has 2 nitrogen and oxygen atoms in total. The number of rotatable bonds is 3. The second-order valence-corrected chi connectivity index (χ2v) is 8.99. The number of pyridine rings is 1. The van der Waals surface area contributed by atoms with Gasteiger partial charge in [-0.1, -0.05) is 81.8 Å².